The zero-order chi connectivity index (χ0) is 10.8. The summed E-state index contributed by atoms with van der Waals surface area (Å²) in [6, 6.07) is 3.62. The number of aryl methyl sites for hydroxylation is 1. The van der Waals surface area contributed by atoms with Gasteiger partial charge >= 0.3 is 0 Å². The van der Waals surface area contributed by atoms with Crippen molar-refractivity contribution in [3.8, 4) is 5.82 Å². The summed E-state index contributed by atoms with van der Waals surface area (Å²) in [4.78, 5) is 3.98. The van der Waals surface area contributed by atoms with Crippen molar-refractivity contribution in [1.82, 2.24) is 25.0 Å². The van der Waals surface area contributed by atoms with Gasteiger partial charge in [-0.25, -0.2) is 0 Å². The van der Waals surface area contributed by atoms with Crippen molar-refractivity contribution in [2.45, 2.75) is 6.92 Å². The fourth-order valence-electron chi connectivity index (χ4n) is 1.10. The minimum atomic E-state index is 0.275. The molecule has 78 valence electrons. The van der Waals surface area contributed by atoms with E-state index < -0.39 is 0 Å². The summed E-state index contributed by atoms with van der Waals surface area (Å²) in [6.07, 6.45) is 0. The van der Waals surface area contributed by atoms with Crippen LogP contribution in [0.4, 0.5) is 11.9 Å². The molecule has 7 nitrogen and oxygen atoms in total. The van der Waals surface area contributed by atoms with Gasteiger partial charge in [0.05, 0.1) is 5.69 Å². The van der Waals surface area contributed by atoms with Crippen LogP contribution < -0.4 is 11.1 Å². The van der Waals surface area contributed by atoms with Crippen molar-refractivity contribution >= 4 is 11.9 Å². The van der Waals surface area contributed by atoms with E-state index in [0.29, 0.717) is 11.8 Å². The predicted molar refractivity (Wildman–Crippen MR) is 55.6 cm³/mol. The molecule has 0 bridgehead atoms. The lowest BCUT2D eigenvalue weighted by atomic mass is 10.4. The minimum absolute atomic E-state index is 0.275. The lowest BCUT2D eigenvalue weighted by molar-refractivity contribution is 0.815. The number of nitrogens with one attached hydrogen (secondary N) is 1. The Bertz CT molecular complexity index is 458. The van der Waals surface area contributed by atoms with Crippen molar-refractivity contribution in [2.75, 3.05) is 18.1 Å². The van der Waals surface area contributed by atoms with E-state index in [-0.39, 0.29) is 5.95 Å². The molecule has 15 heavy (non-hydrogen) atoms. The Hall–Kier alpha value is -2.18. The second-order valence-electron chi connectivity index (χ2n) is 2.99. The van der Waals surface area contributed by atoms with Crippen molar-refractivity contribution < 1.29 is 0 Å². The van der Waals surface area contributed by atoms with Crippen LogP contribution in [-0.2, 0) is 0 Å². The summed E-state index contributed by atoms with van der Waals surface area (Å²) in [5, 5.41) is 14.8. The van der Waals surface area contributed by atoms with E-state index in [9.17, 15) is 0 Å². The van der Waals surface area contributed by atoms with Crippen LogP contribution in [0.5, 0.6) is 0 Å². The van der Waals surface area contributed by atoms with E-state index in [0.717, 1.165) is 5.69 Å². The zero-order valence-electron chi connectivity index (χ0n) is 8.47. The van der Waals surface area contributed by atoms with E-state index in [1.807, 2.05) is 13.0 Å². The number of nitrogen functional groups attached to an aromatic ring is 1. The van der Waals surface area contributed by atoms with Gasteiger partial charge in [0, 0.05) is 7.05 Å². The van der Waals surface area contributed by atoms with Gasteiger partial charge in [-0.15, -0.1) is 10.2 Å². The topological polar surface area (TPSA) is 94.5 Å². The summed E-state index contributed by atoms with van der Waals surface area (Å²) in [6.45, 7) is 1.86. The third-order valence-electron chi connectivity index (χ3n) is 1.86. The summed E-state index contributed by atoms with van der Waals surface area (Å²) >= 11 is 0. The van der Waals surface area contributed by atoms with Gasteiger partial charge in [0.2, 0.25) is 11.9 Å². The molecule has 7 heteroatoms. The van der Waals surface area contributed by atoms with Crippen LogP contribution in [0.25, 0.3) is 5.82 Å². The average Bonchev–Trinajstić information content (AvgIpc) is 2.61. The number of rotatable bonds is 2. The highest BCUT2D eigenvalue weighted by Gasteiger charge is 2.08. The molecule has 3 N–H and O–H groups in total. The fourth-order valence-corrected chi connectivity index (χ4v) is 1.10. The van der Waals surface area contributed by atoms with Crippen LogP contribution in [-0.4, -0.2) is 32.0 Å². The smallest absolute Gasteiger partial charge is 0.244 e. The minimum Gasteiger partial charge on any atom is -0.368 e. The lowest BCUT2D eigenvalue weighted by Gasteiger charge is -1.99. The predicted octanol–water partition coefficient (Wildman–Crippen LogP) is -0.0104. The molecule has 0 spiro atoms. The number of hydrogen-bond acceptors (Lipinski definition) is 6. The van der Waals surface area contributed by atoms with Crippen LogP contribution in [0.2, 0.25) is 0 Å². The van der Waals surface area contributed by atoms with Gasteiger partial charge in [-0.3, -0.25) is 0 Å². The molecular weight excluding hydrogens is 194 g/mol. The highest BCUT2D eigenvalue weighted by molar-refractivity contribution is 5.37. The molecule has 2 heterocycles. The number of anilines is 2. The monoisotopic (exact) mass is 205 g/mol. The highest BCUT2D eigenvalue weighted by atomic mass is 15.4. The first kappa shape index (κ1) is 9.38. The molecule has 0 aromatic carbocycles. The summed E-state index contributed by atoms with van der Waals surface area (Å²) in [7, 11) is 1.72. The Kier molecular flexibility index (Phi) is 2.20. The third kappa shape index (κ3) is 1.71. The Labute approximate surface area is 86.3 Å². The molecule has 0 fully saturated rings. The summed E-state index contributed by atoms with van der Waals surface area (Å²) in [5.41, 5.74) is 6.51. The highest BCUT2D eigenvalue weighted by Crippen LogP contribution is 2.10. The van der Waals surface area contributed by atoms with Crippen LogP contribution in [0.1, 0.15) is 5.69 Å². The van der Waals surface area contributed by atoms with Gasteiger partial charge in [0.25, 0.3) is 0 Å². The molecule has 0 saturated carbocycles. The van der Waals surface area contributed by atoms with Crippen LogP contribution in [0.3, 0.4) is 0 Å². The van der Waals surface area contributed by atoms with E-state index in [4.69, 9.17) is 5.73 Å². The molecule has 0 amide bonds. The quantitative estimate of drug-likeness (QED) is 0.716. The molecule has 0 unspecified atom stereocenters. The van der Waals surface area contributed by atoms with Crippen molar-refractivity contribution in [2.24, 2.45) is 0 Å². The van der Waals surface area contributed by atoms with Crippen LogP contribution >= 0.6 is 0 Å². The van der Waals surface area contributed by atoms with Gasteiger partial charge < -0.3 is 11.1 Å². The largest absolute Gasteiger partial charge is 0.368 e. The molecule has 2 aromatic heterocycles. The average molecular weight is 205 g/mol. The van der Waals surface area contributed by atoms with Crippen LogP contribution in [0, 0.1) is 6.92 Å². The molecule has 0 saturated heterocycles. The first-order chi connectivity index (χ1) is 7.20. The molecule has 2 aromatic rings. The molecule has 0 atom stereocenters. The Morgan fingerprint density at radius 2 is 2.13 bits per heavy atom. The van der Waals surface area contributed by atoms with E-state index in [2.05, 4.69) is 25.6 Å². The molecule has 0 aliphatic carbocycles. The molecule has 0 radical (unpaired) electrons. The van der Waals surface area contributed by atoms with Gasteiger partial charge in [0.15, 0.2) is 5.82 Å². The summed E-state index contributed by atoms with van der Waals surface area (Å²) in [5.74, 6) is 1.28. The van der Waals surface area contributed by atoms with E-state index in [1.54, 1.807) is 13.1 Å². The van der Waals surface area contributed by atoms with Crippen LogP contribution in [0.15, 0.2) is 12.1 Å². The summed E-state index contributed by atoms with van der Waals surface area (Å²) < 4.78 is 1.43. The maximum absolute atomic E-state index is 5.67. The molecule has 2 rings (SSSR count). The van der Waals surface area contributed by atoms with Crippen molar-refractivity contribution in [1.29, 1.82) is 0 Å². The normalized spacial score (nSPS) is 10.3. The first-order valence-corrected chi connectivity index (χ1v) is 4.41. The van der Waals surface area contributed by atoms with Crippen molar-refractivity contribution in [3.05, 3.63) is 17.8 Å². The standard InChI is InChI=1S/C8H11N7/c1-5-3-4-6(13-12-5)15-7(9)11-8(10-2)14-15/h3-4H,1-2H3,(H3,9,10,11,14). The Morgan fingerprint density at radius 3 is 2.67 bits per heavy atom. The number of hydrogen-bond donors (Lipinski definition) is 2. The van der Waals surface area contributed by atoms with Gasteiger partial charge in [0.1, 0.15) is 0 Å². The molecular formula is C8H11N7. The Balaban J connectivity index is 2.44. The van der Waals surface area contributed by atoms with Gasteiger partial charge in [-0.05, 0) is 19.1 Å². The maximum atomic E-state index is 5.67. The van der Waals surface area contributed by atoms with Crippen molar-refractivity contribution in [3.63, 3.8) is 0 Å². The lowest BCUT2D eigenvalue weighted by Crippen LogP contribution is -2.05. The maximum Gasteiger partial charge on any atom is 0.244 e. The second kappa shape index (κ2) is 3.52. The molecule has 0 aliphatic rings. The first-order valence-electron chi connectivity index (χ1n) is 4.41. The third-order valence-corrected chi connectivity index (χ3v) is 1.86. The fraction of sp³-hybridized carbons (Fsp3) is 0.250. The second-order valence-corrected chi connectivity index (χ2v) is 2.99. The SMILES string of the molecule is CNc1nc(N)n(-c2ccc(C)nn2)n1. The number of nitrogens with zero attached hydrogens (tertiary/aromatic N) is 5. The Morgan fingerprint density at radius 1 is 1.33 bits per heavy atom. The van der Waals surface area contributed by atoms with E-state index >= 15 is 0 Å². The zero-order valence-corrected chi connectivity index (χ0v) is 8.47. The van der Waals surface area contributed by atoms with Gasteiger partial charge in [-0.1, -0.05) is 0 Å². The van der Waals surface area contributed by atoms with E-state index in [1.165, 1.54) is 4.68 Å². The number of nitrogens with two attached hydrogens (primary N) is 1. The number of aromatic nitrogens is 5. The van der Waals surface area contributed by atoms with Gasteiger partial charge in [-0.2, -0.15) is 14.8 Å². The molecule has 0 aliphatic heterocycles.